The molecule has 1 aliphatic rings. The predicted molar refractivity (Wildman–Crippen MR) is 100 cm³/mol. The molecule has 1 aromatic rings. The Morgan fingerprint density at radius 3 is 2.66 bits per heavy atom. The number of benzene rings is 1. The van der Waals surface area contributed by atoms with Crippen LogP contribution in [0.5, 0.6) is 0 Å². The zero-order valence-corrected chi connectivity index (χ0v) is 17.3. The van der Waals surface area contributed by atoms with E-state index >= 15 is 0 Å². The number of carboxylic acid groups (broad SMARTS) is 1. The minimum atomic E-state index is -4.68. The van der Waals surface area contributed by atoms with Gasteiger partial charge in [0.25, 0.3) is 5.91 Å². The number of amides is 1. The van der Waals surface area contributed by atoms with Gasteiger partial charge in [0, 0.05) is 11.6 Å². The second-order valence-electron chi connectivity index (χ2n) is 6.06. The number of thioether (sulfide) groups is 1. The van der Waals surface area contributed by atoms with Gasteiger partial charge in [-0.05, 0) is 42.2 Å². The van der Waals surface area contributed by atoms with Crippen LogP contribution in [0, 0.1) is 0 Å². The highest BCUT2D eigenvalue weighted by atomic mass is 35.5. The van der Waals surface area contributed by atoms with Crippen molar-refractivity contribution in [3.63, 3.8) is 0 Å². The molecule has 162 valence electrons. The molecule has 0 bridgehead atoms. The highest BCUT2D eigenvalue weighted by molar-refractivity contribution is 7.98. The maximum atomic E-state index is 13.0. The molecule has 2 atom stereocenters. The first-order chi connectivity index (χ1) is 13.4. The fourth-order valence-corrected chi connectivity index (χ4v) is 4.47. The molecule has 1 heterocycles. The van der Waals surface area contributed by atoms with Crippen LogP contribution in [0.1, 0.15) is 17.5 Å². The van der Waals surface area contributed by atoms with E-state index in [1.807, 2.05) is 0 Å². The molecule has 1 aliphatic heterocycles. The van der Waals surface area contributed by atoms with Gasteiger partial charge in [-0.2, -0.15) is 37.7 Å². The Bertz CT molecular complexity index is 898. The number of carbonyl (C=O) groups is 2. The van der Waals surface area contributed by atoms with Crippen molar-refractivity contribution >= 4 is 45.4 Å². The van der Waals surface area contributed by atoms with Crippen LogP contribution in [0.4, 0.5) is 13.2 Å². The van der Waals surface area contributed by atoms with Crippen LogP contribution >= 0.6 is 23.4 Å². The number of aliphatic carboxylic acids is 1. The summed E-state index contributed by atoms with van der Waals surface area (Å²) in [5, 5.41) is 11.6. The number of halogens is 4. The van der Waals surface area contributed by atoms with Gasteiger partial charge in [-0.25, -0.2) is 4.72 Å². The molecule has 8 nitrogen and oxygen atoms in total. The molecule has 1 amide bonds. The van der Waals surface area contributed by atoms with Crippen molar-refractivity contribution < 1.29 is 36.3 Å². The van der Waals surface area contributed by atoms with Crippen LogP contribution in [0.3, 0.4) is 0 Å². The lowest BCUT2D eigenvalue weighted by molar-refractivity contribution is -0.140. The Kier molecular flexibility index (Phi) is 7.43. The Hall–Kier alpha value is -1.54. The highest BCUT2D eigenvalue weighted by Gasteiger charge is 2.45. The fourth-order valence-electron chi connectivity index (χ4n) is 2.59. The van der Waals surface area contributed by atoms with Crippen molar-refractivity contribution in [1.29, 1.82) is 0 Å². The van der Waals surface area contributed by atoms with Crippen LogP contribution in [0.25, 0.3) is 0 Å². The summed E-state index contributed by atoms with van der Waals surface area (Å²) >= 11 is 7.27. The van der Waals surface area contributed by atoms with Gasteiger partial charge in [0.05, 0.1) is 5.56 Å². The van der Waals surface area contributed by atoms with Gasteiger partial charge in [-0.1, -0.05) is 11.6 Å². The van der Waals surface area contributed by atoms with Crippen molar-refractivity contribution in [3.05, 3.63) is 34.3 Å². The number of hydrogen-bond donors (Lipinski definition) is 3. The number of carbonyl (C=O) groups excluding carboxylic acids is 1. The molecule has 2 rings (SSSR count). The second kappa shape index (κ2) is 9.08. The van der Waals surface area contributed by atoms with E-state index in [1.165, 1.54) is 11.8 Å². The van der Waals surface area contributed by atoms with Crippen LogP contribution in [0.15, 0.2) is 18.2 Å². The number of nitrogens with one attached hydrogen (secondary N) is 2. The van der Waals surface area contributed by atoms with E-state index in [9.17, 15) is 36.3 Å². The fraction of sp³-hybridized carbons (Fsp3) is 0.467. The first-order valence-corrected chi connectivity index (χ1v) is 11.2. The first kappa shape index (κ1) is 23.7. The topological polar surface area (TPSA) is 116 Å². The molecule has 0 unspecified atom stereocenters. The third kappa shape index (κ3) is 5.75. The van der Waals surface area contributed by atoms with Crippen molar-refractivity contribution in [2.45, 2.75) is 31.3 Å². The number of carboxylic acids is 1. The lowest BCUT2D eigenvalue weighted by atomic mass is 10.1. The molecule has 0 radical (unpaired) electrons. The van der Waals surface area contributed by atoms with Crippen molar-refractivity contribution in [1.82, 2.24) is 14.3 Å². The molecule has 1 saturated heterocycles. The summed E-state index contributed by atoms with van der Waals surface area (Å²) < 4.78 is 65.7. The molecule has 14 heteroatoms. The van der Waals surface area contributed by atoms with Crippen LogP contribution < -0.4 is 10.0 Å². The Morgan fingerprint density at radius 2 is 2.10 bits per heavy atom. The van der Waals surface area contributed by atoms with E-state index < -0.39 is 52.6 Å². The lowest BCUT2D eigenvalue weighted by Gasteiger charge is -2.24. The maximum absolute atomic E-state index is 13.0. The SMILES string of the molecule is CSCC[C@H](N[C@H]1C(=O)NS(=O)(=O)N1Cc1cc(C(F)(F)F)ccc1Cl)C(=O)O. The average molecular weight is 476 g/mol. The van der Waals surface area contributed by atoms with Gasteiger partial charge in [-0.3, -0.25) is 14.9 Å². The minimum Gasteiger partial charge on any atom is -0.480 e. The highest BCUT2D eigenvalue weighted by Crippen LogP contribution is 2.33. The van der Waals surface area contributed by atoms with E-state index in [-0.39, 0.29) is 17.0 Å². The zero-order valence-electron chi connectivity index (χ0n) is 14.9. The Labute approximate surface area is 174 Å². The van der Waals surface area contributed by atoms with Gasteiger partial charge in [0.1, 0.15) is 6.04 Å². The van der Waals surface area contributed by atoms with Gasteiger partial charge in [-0.15, -0.1) is 0 Å². The standard InChI is InChI=1S/C15H17ClF3N3O5S2/c1-28-5-4-11(14(24)25)20-12-13(23)21-29(26,27)22(12)7-8-6-9(15(17,18)19)2-3-10(8)16/h2-3,6,11-12,20H,4-5,7H2,1H3,(H,21,23)(H,24,25)/t11-,12+/m0/s1. The average Bonchev–Trinajstić information content (AvgIpc) is 2.80. The van der Waals surface area contributed by atoms with Gasteiger partial charge >= 0.3 is 22.4 Å². The molecule has 0 spiro atoms. The van der Waals surface area contributed by atoms with Gasteiger partial charge in [0.15, 0.2) is 6.17 Å². The first-order valence-electron chi connectivity index (χ1n) is 8.03. The molecule has 1 aromatic carbocycles. The smallest absolute Gasteiger partial charge is 0.416 e. The molecule has 29 heavy (non-hydrogen) atoms. The summed E-state index contributed by atoms with van der Waals surface area (Å²) in [7, 11) is -4.41. The maximum Gasteiger partial charge on any atom is 0.416 e. The number of rotatable bonds is 8. The molecule has 0 aliphatic carbocycles. The summed E-state index contributed by atoms with van der Waals surface area (Å²) in [4.78, 5) is 23.5. The van der Waals surface area contributed by atoms with E-state index in [2.05, 4.69) is 5.32 Å². The quantitative estimate of drug-likeness (QED) is 0.523. The predicted octanol–water partition coefficient (Wildman–Crippen LogP) is 1.66. The summed E-state index contributed by atoms with van der Waals surface area (Å²) in [6, 6.07) is 1.15. The summed E-state index contributed by atoms with van der Waals surface area (Å²) in [6.07, 6.45) is -4.46. The Morgan fingerprint density at radius 1 is 1.45 bits per heavy atom. The molecular formula is C15H17ClF3N3O5S2. The van der Waals surface area contributed by atoms with E-state index in [0.717, 1.165) is 12.1 Å². The molecule has 0 aromatic heterocycles. The van der Waals surface area contributed by atoms with Crippen LogP contribution in [0.2, 0.25) is 5.02 Å². The number of alkyl halides is 3. The van der Waals surface area contributed by atoms with E-state index in [0.29, 0.717) is 16.1 Å². The summed E-state index contributed by atoms with van der Waals surface area (Å²) in [5.41, 5.74) is -1.23. The van der Waals surface area contributed by atoms with Gasteiger partial charge < -0.3 is 5.11 Å². The van der Waals surface area contributed by atoms with Crippen LogP contribution in [-0.4, -0.2) is 53.9 Å². The third-order valence-corrected chi connectivity index (χ3v) is 6.47. The number of nitrogens with zero attached hydrogens (tertiary/aromatic N) is 1. The summed E-state index contributed by atoms with van der Waals surface area (Å²) in [6.45, 7) is -0.670. The molecule has 3 N–H and O–H groups in total. The number of hydrogen-bond acceptors (Lipinski definition) is 6. The summed E-state index contributed by atoms with van der Waals surface area (Å²) in [5.74, 6) is -1.92. The Balaban J connectivity index is 2.35. The van der Waals surface area contributed by atoms with Crippen molar-refractivity contribution in [2.75, 3.05) is 12.0 Å². The van der Waals surface area contributed by atoms with Crippen molar-refractivity contribution in [2.24, 2.45) is 0 Å². The second-order valence-corrected chi connectivity index (χ2v) is 9.08. The molecule has 0 saturated carbocycles. The lowest BCUT2D eigenvalue weighted by Crippen LogP contribution is -2.52. The minimum absolute atomic E-state index is 0.0957. The molecule has 1 fully saturated rings. The van der Waals surface area contributed by atoms with E-state index in [4.69, 9.17) is 11.6 Å². The van der Waals surface area contributed by atoms with Crippen molar-refractivity contribution in [3.8, 4) is 0 Å². The largest absolute Gasteiger partial charge is 0.480 e. The molecular weight excluding hydrogens is 459 g/mol. The third-order valence-electron chi connectivity index (χ3n) is 4.04. The van der Waals surface area contributed by atoms with Crippen LogP contribution in [-0.2, 0) is 32.5 Å². The van der Waals surface area contributed by atoms with Gasteiger partial charge in [0.2, 0.25) is 0 Å². The monoisotopic (exact) mass is 475 g/mol. The van der Waals surface area contributed by atoms with E-state index in [1.54, 1.807) is 11.0 Å². The zero-order chi connectivity index (χ0) is 22.0. The normalized spacial score (nSPS) is 20.4.